The molecule has 4 amide bonds. The first-order valence-corrected chi connectivity index (χ1v) is 16.5. The summed E-state index contributed by atoms with van der Waals surface area (Å²) >= 11 is 0. The third-order valence-electron chi connectivity index (χ3n) is 11.0. The Kier molecular flexibility index (Phi) is 8.93. The lowest BCUT2D eigenvalue weighted by atomic mass is 9.43. The van der Waals surface area contributed by atoms with Gasteiger partial charge in [-0.05, 0) is 62.1 Å². The maximum absolute atomic E-state index is 14.4. The fourth-order valence-corrected chi connectivity index (χ4v) is 8.92. The van der Waals surface area contributed by atoms with Crippen molar-refractivity contribution in [1.82, 2.24) is 9.80 Å². The van der Waals surface area contributed by atoms with Gasteiger partial charge in [-0.15, -0.1) is 0 Å². The standard InChI is InChI=1S/C37H42N2O10/c1-8-49-36(44)29-19(2)26-27-30(34(42)38(32(27)40)15-13-20-9-11-22(45-4)24(17-20)47-6)37(29,3)31-28(26)33(41)39(35(31)43)16-14-21-10-12-23(46-5)25(18-21)48-7/h9-12,17-18,26-28,30-31H,8,13-16H2,1-7H3. The zero-order valence-corrected chi connectivity index (χ0v) is 28.9. The molecule has 0 N–H and O–H groups in total. The van der Waals surface area contributed by atoms with E-state index in [4.69, 9.17) is 23.7 Å². The van der Waals surface area contributed by atoms with Crippen molar-refractivity contribution < 1.29 is 47.7 Å². The highest BCUT2D eigenvalue weighted by molar-refractivity contribution is 6.13. The molecule has 3 fully saturated rings. The average molecular weight is 675 g/mol. The third kappa shape index (κ3) is 5.06. The summed E-state index contributed by atoms with van der Waals surface area (Å²) in [5, 5.41) is 0. The second-order valence-corrected chi connectivity index (χ2v) is 13.1. The van der Waals surface area contributed by atoms with Crippen molar-refractivity contribution in [2.45, 2.75) is 33.6 Å². The summed E-state index contributed by atoms with van der Waals surface area (Å²) in [6, 6.07) is 10.8. The van der Waals surface area contributed by atoms with Crippen molar-refractivity contribution in [3.05, 3.63) is 58.7 Å². The van der Waals surface area contributed by atoms with Crippen LogP contribution in [0.5, 0.6) is 23.0 Å². The first-order chi connectivity index (χ1) is 23.5. The topological polar surface area (TPSA) is 138 Å². The van der Waals surface area contributed by atoms with Gasteiger partial charge in [0.15, 0.2) is 23.0 Å². The van der Waals surface area contributed by atoms with Gasteiger partial charge in [0.2, 0.25) is 23.6 Å². The van der Waals surface area contributed by atoms with Crippen molar-refractivity contribution in [2.24, 2.45) is 35.0 Å². The highest BCUT2D eigenvalue weighted by atomic mass is 16.5. The Morgan fingerprint density at radius 1 is 0.673 bits per heavy atom. The van der Waals surface area contributed by atoms with Gasteiger partial charge in [-0.3, -0.25) is 29.0 Å². The molecule has 2 aliphatic heterocycles. The fraction of sp³-hybridized carbons (Fsp3) is 0.486. The Balaban J connectivity index is 1.33. The molecule has 4 atom stereocenters. The number of benzene rings is 2. The van der Waals surface area contributed by atoms with Crippen LogP contribution in [0.3, 0.4) is 0 Å². The lowest BCUT2D eigenvalue weighted by Crippen LogP contribution is -2.61. The maximum atomic E-state index is 14.4. The first-order valence-electron chi connectivity index (χ1n) is 16.5. The molecule has 1 saturated carbocycles. The zero-order chi connectivity index (χ0) is 35.4. The van der Waals surface area contributed by atoms with Crippen LogP contribution in [0.4, 0.5) is 0 Å². The summed E-state index contributed by atoms with van der Waals surface area (Å²) in [6.45, 7) is 5.38. The summed E-state index contributed by atoms with van der Waals surface area (Å²) in [5.41, 5.74) is 0.991. The number of nitrogens with zero attached hydrogens (tertiary/aromatic N) is 2. The minimum Gasteiger partial charge on any atom is -0.493 e. The van der Waals surface area contributed by atoms with Crippen LogP contribution in [0, 0.1) is 35.0 Å². The SMILES string of the molecule is CCOC(=O)C1=C(C)C2C3C(=O)N(CCc4ccc(OC)c(OC)c4)C(=O)C3C1(C)C1C(=O)N(CCc3ccc(OC)c(OC)c3)C(=O)C21. The van der Waals surface area contributed by atoms with Crippen molar-refractivity contribution in [3.63, 3.8) is 0 Å². The quantitative estimate of drug-likeness (QED) is 0.244. The molecule has 260 valence electrons. The number of imide groups is 2. The number of likely N-dealkylation sites (tertiary alicyclic amines) is 2. The minimum absolute atomic E-state index is 0.0887. The molecule has 49 heavy (non-hydrogen) atoms. The summed E-state index contributed by atoms with van der Waals surface area (Å²) in [7, 11) is 6.14. The van der Waals surface area contributed by atoms with Gasteiger partial charge in [-0.1, -0.05) is 24.6 Å². The van der Waals surface area contributed by atoms with Gasteiger partial charge in [-0.2, -0.15) is 0 Å². The predicted octanol–water partition coefficient (Wildman–Crippen LogP) is 3.24. The van der Waals surface area contributed by atoms with Gasteiger partial charge < -0.3 is 23.7 Å². The second-order valence-electron chi connectivity index (χ2n) is 13.1. The Bertz CT molecular complexity index is 1660. The molecular weight excluding hydrogens is 632 g/mol. The zero-order valence-electron chi connectivity index (χ0n) is 28.9. The Morgan fingerprint density at radius 2 is 1.10 bits per heavy atom. The molecule has 3 aliphatic carbocycles. The van der Waals surface area contributed by atoms with Crippen molar-refractivity contribution in [2.75, 3.05) is 48.1 Å². The van der Waals surface area contributed by atoms with Crippen LogP contribution in [0.15, 0.2) is 47.5 Å². The van der Waals surface area contributed by atoms with Gasteiger partial charge in [0.25, 0.3) is 0 Å². The molecule has 2 saturated heterocycles. The number of rotatable bonds is 12. The van der Waals surface area contributed by atoms with Crippen molar-refractivity contribution >= 4 is 29.6 Å². The van der Waals surface area contributed by atoms with E-state index in [-0.39, 0.29) is 25.3 Å². The summed E-state index contributed by atoms with van der Waals surface area (Å²) in [6.07, 6.45) is 0.703. The normalized spacial score (nSPS) is 27.0. The Morgan fingerprint density at radius 3 is 1.49 bits per heavy atom. The van der Waals surface area contributed by atoms with E-state index >= 15 is 0 Å². The second kappa shape index (κ2) is 12.9. The van der Waals surface area contributed by atoms with Crippen molar-refractivity contribution in [1.29, 1.82) is 0 Å². The van der Waals surface area contributed by atoms with Gasteiger partial charge in [-0.25, -0.2) is 4.79 Å². The molecule has 0 spiro atoms. The number of methoxy groups -OCH3 is 4. The van der Waals surface area contributed by atoms with E-state index in [1.54, 1.807) is 59.3 Å². The number of ether oxygens (including phenoxy) is 5. The Hall–Kier alpha value is -4.87. The van der Waals surface area contributed by atoms with Crippen LogP contribution in [0.25, 0.3) is 0 Å². The molecule has 5 aliphatic rings. The van der Waals surface area contributed by atoms with Crippen LogP contribution < -0.4 is 18.9 Å². The van der Waals surface area contributed by atoms with E-state index in [9.17, 15) is 24.0 Å². The molecule has 12 nitrogen and oxygen atoms in total. The first kappa shape index (κ1) is 34.0. The smallest absolute Gasteiger partial charge is 0.334 e. The van der Waals surface area contributed by atoms with E-state index in [0.717, 1.165) is 11.1 Å². The third-order valence-corrected chi connectivity index (χ3v) is 11.0. The monoisotopic (exact) mass is 674 g/mol. The largest absolute Gasteiger partial charge is 0.493 e. The fourth-order valence-electron chi connectivity index (χ4n) is 8.92. The lowest BCUT2D eigenvalue weighted by Gasteiger charge is -2.55. The highest BCUT2D eigenvalue weighted by Crippen LogP contribution is 2.68. The summed E-state index contributed by atoms with van der Waals surface area (Å²) in [5.74, 6) is -4.70. The summed E-state index contributed by atoms with van der Waals surface area (Å²) < 4.78 is 27.0. The van der Waals surface area contributed by atoms with Crippen LogP contribution in [-0.2, 0) is 41.6 Å². The molecule has 4 unspecified atom stereocenters. The molecular formula is C37H42N2O10. The molecule has 7 rings (SSSR count). The van der Waals surface area contributed by atoms with Crippen LogP contribution in [0.1, 0.15) is 31.9 Å². The summed E-state index contributed by atoms with van der Waals surface area (Å²) in [4.78, 5) is 73.3. The van der Waals surface area contributed by atoms with E-state index in [1.165, 1.54) is 24.0 Å². The van der Waals surface area contributed by atoms with Gasteiger partial charge in [0, 0.05) is 30.0 Å². The minimum atomic E-state index is -1.43. The number of amides is 4. The Labute approximate surface area is 285 Å². The lowest BCUT2D eigenvalue weighted by molar-refractivity contribution is -0.155. The maximum Gasteiger partial charge on any atom is 0.334 e. The van der Waals surface area contributed by atoms with E-state index in [0.29, 0.717) is 41.4 Å². The van der Waals surface area contributed by atoms with Crippen molar-refractivity contribution in [3.8, 4) is 23.0 Å². The van der Waals surface area contributed by atoms with E-state index in [2.05, 4.69) is 0 Å². The average Bonchev–Trinajstić information content (AvgIpc) is 3.51. The molecule has 2 bridgehead atoms. The van der Waals surface area contributed by atoms with Crippen LogP contribution in [-0.4, -0.2) is 87.5 Å². The molecule has 2 aromatic rings. The predicted molar refractivity (Wildman–Crippen MR) is 175 cm³/mol. The van der Waals surface area contributed by atoms with Crippen LogP contribution in [0.2, 0.25) is 0 Å². The van der Waals surface area contributed by atoms with E-state index < -0.39 is 64.6 Å². The van der Waals surface area contributed by atoms with Gasteiger partial charge in [0.05, 0.1) is 58.7 Å². The van der Waals surface area contributed by atoms with E-state index in [1.807, 2.05) is 12.1 Å². The molecule has 12 heteroatoms. The number of carbonyl (C=O) groups excluding carboxylic acids is 5. The molecule has 2 heterocycles. The molecule has 2 aromatic carbocycles. The number of esters is 1. The molecule has 0 aromatic heterocycles. The van der Waals surface area contributed by atoms with Gasteiger partial charge in [0.1, 0.15) is 0 Å². The number of carbonyl (C=O) groups is 5. The van der Waals surface area contributed by atoms with Crippen LogP contribution >= 0.6 is 0 Å². The number of allylic oxidation sites excluding steroid dienone is 1. The van der Waals surface area contributed by atoms with Gasteiger partial charge >= 0.3 is 5.97 Å². The highest BCUT2D eigenvalue weighted by Gasteiger charge is 2.76. The number of hydrogen-bond donors (Lipinski definition) is 0. The number of hydrogen-bond acceptors (Lipinski definition) is 10. The molecule has 0 radical (unpaired) electrons.